The molecule has 81 heavy (non-hydrogen) atoms. The number of para-hydroxylation sites is 7. The van der Waals surface area contributed by atoms with Crippen LogP contribution in [0.15, 0.2) is 271 Å². The van der Waals surface area contributed by atoms with Gasteiger partial charge in [-0.3, -0.25) is 0 Å². The number of aryl methyl sites for hydroxylation is 1. The minimum absolute atomic E-state index is 0.686. The summed E-state index contributed by atoms with van der Waals surface area (Å²) in [6.07, 6.45) is 0. The molecule has 0 radical (unpaired) electrons. The largest absolute Gasteiger partial charge is 0.344 e. The molecule has 0 atom stereocenters. The third-order valence-electron chi connectivity index (χ3n) is 17.5. The summed E-state index contributed by atoms with van der Waals surface area (Å²) in [4.78, 5) is 4.96. The van der Waals surface area contributed by atoms with Gasteiger partial charge in [-0.25, -0.2) is 0 Å². The lowest BCUT2D eigenvalue weighted by molar-refractivity contribution is 0.869. The molecule has 7 heteroatoms. The maximum absolute atomic E-state index is 2.54. The first-order valence-corrected chi connectivity index (χ1v) is 28.7. The van der Waals surface area contributed by atoms with E-state index in [0.717, 1.165) is 22.7 Å². The van der Waals surface area contributed by atoms with E-state index in [1.165, 1.54) is 136 Å². The molecular weight excluding hydrogens is 1000 g/mol. The van der Waals surface area contributed by atoms with Gasteiger partial charge in [0.05, 0.1) is 44.5 Å². The quantitative estimate of drug-likeness (QED) is 0.166. The molecule has 0 amide bonds. The number of aromatic nitrogens is 5. The smallest absolute Gasteiger partial charge is 0.0601 e. The van der Waals surface area contributed by atoms with E-state index >= 15 is 0 Å². The standard InChI is InChI=1S/C74H48N6S/c1-75-61-36-31-47(77-65-21-7-2-16-51(65)52-17-3-8-22-66(52)77)41-57(61)58-42-49(32-37-62(58)75)79-69-25-11-6-20-55(69)56-35-30-46(40-72(56)79)45-76-63-38-33-48(78-67-23-9-4-18-53(67)54-19-5-10-24-68(54)78)43-59(63)60-44-50(34-39-64(60)76)80-70-26-12-14-28-73(70)81-74-29-15-13-27-71(74)80/h2-44H,45H2,1H3. The summed E-state index contributed by atoms with van der Waals surface area (Å²) in [5, 5.41) is 12.4. The molecule has 0 aliphatic carbocycles. The van der Waals surface area contributed by atoms with E-state index in [1.807, 2.05) is 11.8 Å². The molecule has 12 aromatic carbocycles. The number of fused-ring (bicyclic) bond motifs is 17. The number of hydrogen-bond acceptors (Lipinski definition) is 2. The summed E-state index contributed by atoms with van der Waals surface area (Å²) < 4.78 is 12.2. The summed E-state index contributed by atoms with van der Waals surface area (Å²) in [5.41, 5.74) is 20.2. The zero-order valence-corrected chi connectivity index (χ0v) is 44.9. The topological polar surface area (TPSA) is 27.9 Å². The van der Waals surface area contributed by atoms with Crippen LogP contribution in [0.25, 0.3) is 126 Å². The second-order valence-corrected chi connectivity index (χ2v) is 22.9. The van der Waals surface area contributed by atoms with Gasteiger partial charge in [0, 0.05) is 122 Å². The molecule has 1 aliphatic heterocycles. The van der Waals surface area contributed by atoms with E-state index in [2.05, 4.69) is 296 Å². The highest BCUT2D eigenvalue weighted by Crippen LogP contribution is 2.52. The number of rotatable bonds is 6. The highest BCUT2D eigenvalue weighted by molar-refractivity contribution is 7.99. The maximum atomic E-state index is 2.54. The summed E-state index contributed by atoms with van der Waals surface area (Å²) in [6, 6.07) is 97.1. The van der Waals surface area contributed by atoms with Crippen LogP contribution < -0.4 is 4.90 Å². The summed E-state index contributed by atoms with van der Waals surface area (Å²) in [5.74, 6) is 0. The van der Waals surface area contributed by atoms with Gasteiger partial charge in [0.25, 0.3) is 0 Å². The van der Waals surface area contributed by atoms with Crippen LogP contribution in [0.2, 0.25) is 0 Å². The minimum Gasteiger partial charge on any atom is -0.344 e. The fraction of sp³-hybridized carbons (Fsp3) is 0.0270. The predicted octanol–water partition coefficient (Wildman–Crippen LogP) is 19.7. The van der Waals surface area contributed by atoms with Crippen LogP contribution in [0.5, 0.6) is 0 Å². The van der Waals surface area contributed by atoms with Crippen LogP contribution in [0.4, 0.5) is 17.1 Å². The molecule has 6 heterocycles. The van der Waals surface area contributed by atoms with E-state index in [4.69, 9.17) is 0 Å². The van der Waals surface area contributed by atoms with E-state index in [1.54, 1.807) is 0 Å². The zero-order chi connectivity index (χ0) is 53.0. The van der Waals surface area contributed by atoms with Crippen LogP contribution in [0, 0.1) is 0 Å². The van der Waals surface area contributed by atoms with Gasteiger partial charge in [-0.15, -0.1) is 0 Å². The highest BCUT2D eigenvalue weighted by atomic mass is 32.2. The third-order valence-corrected chi connectivity index (χ3v) is 18.6. The Hall–Kier alpha value is -10.2. The number of nitrogens with zero attached hydrogens (tertiary/aromatic N) is 6. The van der Waals surface area contributed by atoms with E-state index in [-0.39, 0.29) is 0 Å². The van der Waals surface area contributed by atoms with Crippen molar-refractivity contribution in [2.75, 3.05) is 4.90 Å². The first kappa shape index (κ1) is 44.7. The molecule has 0 bridgehead atoms. The van der Waals surface area contributed by atoms with Gasteiger partial charge in [0.1, 0.15) is 0 Å². The molecule has 0 N–H and O–H groups in total. The van der Waals surface area contributed by atoms with Crippen LogP contribution in [-0.2, 0) is 13.6 Å². The molecule has 0 spiro atoms. The van der Waals surface area contributed by atoms with Crippen LogP contribution in [0.3, 0.4) is 0 Å². The molecule has 0 unspecified atom stereocenters. The van der Waals surface area contributed by atoms with Crippen molar-refractivity contribution in [2.24, 2.45) is 7.05 Å². The average molecular weight is 1050 g/mol. The Balaban J connectivity index is 0.817. The van der Waals surface area contributed by atoms with Gasteiger partial charge in [0.15, 0.2) is 0 Å². The van der Waals surface area contributed by atoms with Crippen LogP contribution >= 0.6 is 11.8 Å². The maximum Gasteiger partial charge on any atom is 0.0601 e. The Bertz CT molecular complexity index is 5380. The molecule has 380 valence electrons. The molecule has 6 nitrogen and oxygen atoms in total. The lowest BCUT2D eigenvalue weighted by atomic mass is 10.1. The van der Waals surface area contributed by atoms with Crippen molar-refractivity contribution in [3.63, 3.8) is 0 Å². The van der Waals surface area contributed by atoms with Crippen molar-refractivity contribution >= 4 is 138 Å². The van der Waals surface area contributed by atoms with Gasteiger partial charge >= 0.3 is 0 Å². The second-order valence-electron chi connectivity index (χ2n) is 21.8. The predicted molar refractivity (Wildman–Crippen MR) is 341 cm³/mol. The van der Waals surface area contributed by atoms with Gasteiger partial charge < -0.3 is 27.7 Å². The monoisotopic (exact) mass is 1050 g/mol. The normalized spacial score (nSPS) is 12.7. The summed E-state index contributed by atoms with van der Waals surface area (Å²) >= 11 is 1.85. The summed E-state index contributed by atoms with van der Waals surface area (Å²) in [6.45, 7) is 0.686. The van der Waals surface area contributed by atoms with Crippen molar-refractivity contribution in [1.82, 2.24) is 22.8 Å². The Labute approximate surface area is 469 Å². The van der Waals surface area contributed by atoms with E-state index in [9.17, 15) is 0 Å². The lowest BCUT2D eigenvalue weighted by Crippen LogP contribution is -2.14. The van der Waals surface area contributed by atoms with Crippen molar-refractivity contribution in [3.05, 3.63) is 266 Å². The van der Waals surface area contributed by atoms with Crippen LogP contribution in [0.1, 0.15) is 5.56 Å². The molecule has 1 aliphatic rings. The van der Waals surface area contributed by atoms with Crippen LogP contribution in [-0.4, -0.2) is 22.8 Å². The molecular formula is C74H48N6S. The first-order valence-electron chi connectivity index (χ1n) is 27.8. The number of benzene rings is 12. The molecule has 0 fully saturated rings. The molecule has 5 aromatic heterocycles. The molecule has 17 aromatic rings. The first-order chi connectivity index (χ1) is 40.1. The van der Waals surface area contributed by atoms with E-state index in [0.29, 0.717) is 6.54 Å². The Morgan fingerprint density at radius 2 is 0.617 bits per heavy atom. The average Bonchev–Trinajstić information content (AvgIpc) is 4.48. The Morgan fingerprint density at radius 1 is 0.272 bits per heavy atom. The van der Waals surface area contributed by atoms with Gasteiger partial charge in [-0.2, -0.15) is 0 Å². The lowest BCUT2D eigenvalue weighted by Gasteiger charge is -2.32. The molecule has 0 saturated heterocycles. The molecule has 0 saturated carbocycles. The van der Waals surface area contributed by atoms with Crippen molar-refractivity contribution in [2.45, 2.75) is 16.3 Å². The Kier molecular flexibility index (Phi) is 9.33. The van der Waals surface area contributed by atoms with Crippen molar-refractivity contribution < 1.29 is 0 Å². The van der Waals surface area contributed by atoms with Gasteiger partial charge in [0.2, 0.25) is 0 Å². The second kappa shape index (κ2) is 16.9. The Morgan fingerprint density at radius 3 is 1.07 bits per heavy atom. The fourth-order valence-electron chi connectivity index (χ4n) is 14.0. The van der Waals surface area contributed by atoms with E-state index < -0.39 is 0 Å². The molecule has 18 rings (SSSR count). The SMILES string of the molecule is Cn1c2ccc(-n3c4ccccc4c4ccccc43)cc2c2cc(-n3c4ccccc4c4ccc(Cn5c6ccc(N7c8ccccc8Sc8ccccc87)cc6c6cc(-n7c8ccccc8c8ccccc87)ccc65)cc43)ccc21. The summed E-state index contributed by atoms with van der Waals surface area (Å²) in [7, 11) is 2.20. The van der Waals surface area contributed by atoms with Gasteiger partial charge in [-0.05, 0) is 139 Å². The minimum atomic E-state index is 0.686. The number of hydrogen-bond donors (Lipinski definition) is 0. The fourth-order valence-corrected chi connectivity index (χ4v) is 15.0. The number of anilines is 3. The highest BCUT2D eigenvalue weighted by Gasteiger charge is 2.26. The zero-order valence-electron chi connectivity index (χ0n) is 44.1. The van der Waals surface area contributed by atoms with Crippen molar-refractivity contribution in [1.29, 1.82) is 0 Å². The van der Waals surface area contributed by atoms with Crippen molar-refractivity contribution in [3.8, 4) is 17.1 Å². The third kappa shape index (κ3) is 6.40. The van der Waals surface area contributed by atoms with Gasteiger partial charge in [-0.1, -0.05) is 139 Å².